The number of carbonyl (C=O) groups excluding carboxylic acids is 2. The van der Waals surface area contributed by atoms with Crippen LogP contribution in [0, 0.1) is 0 Å². The first-order valence-corrected chi connectivity index (χ1v) is 3.63. The van der Waals surface area contributed by atoms with E-state index in [2.05, 4.69) is 15.8 Å². The van der Waals surface area contributed by atoms with Crippen molar-refractivity contribution < 1.29 is 9.59 Å². The quantitative estimate of drug-likeness (QED) is 0.523. The number of carbonyl (C=O) groups is 2. The molecule has 0 saturated heterocycles. The fourth-order valence-electron chi connectivity index (χ4n) is 0.965. The van der Waals surface area contributed by atoms with Crippen molar-refractivity contribution in [2.75, 3.05) is 7.05 Å². The minimum absolute atomic E-state index is 0.243. The molecule has 0 aromatic rings. The number of nitrogens with zero attached hydrogens (tertiary/aromatic N) is 1. The first-order valence-electron chi connectivity index (χ1n) is 3.63. The molecular formula is C7H11N3O2. The maximum Gasteiger partial charge on any atom is 0.267 e. The second-order valence-corrected chi connectivity index (χ2v) is 2.96. The lowest BCUT2D eigenvalue weighted by molar-refractivity contribution is -0.114. The van der Waals surface area contributed by atoms with Gasteiger partial charge in [-0.05, 0) is 6.92 Å². The molecule has 12 heavy (non-hydrogen) atoms. The summed E-state index contributed by atoms with van der Waals surface area (Å²) in [7, 11) is 1.53. The predicted molar refractivity (Wildman–Crippen MR) is 43.7 cm³/mol. The third-order valence-electron chi connectivity index (χ3n) is 1.73. The van der Waals surface area contributed by atoms with Crippen LogP contribution in [0.5, 0.6) is 0 Å². The molecule has 0 bridgehead atoms. The molecule has 0 radical (unpaired) electrons. The zero-order chi connectivity index (χ0) is 9.19. The molecule has 1 unspecified atom stereocenters. The highest BCUT2D eigenvalue weighted by Crippen LogP contribution is 2.13. The van der Waals surface area contributed by atoms with Crippen molar-refractivity contribution in [1.29, 1.82) is 0 Å². The minimum atomic E-state index is -0.707. The summed E-state index contributed by atoms with van der Waals surface area (Å²) in [6.45, 7) is 1.69. The first-order chi connectivity index (χ1) is 5.61. The van der Waals surface area contributed by atoms with Gasteiger partial charge in [0.05, 0.1) is 0 Å². The van der Waals surface area contributed by atoms with E-state index in [1.54, 1.807) is 6.92 Å². The van der Waals surface area contributed by atoms with Gasteiger partial charge in [-0.2, -0.15) is 5.10 Å². The molecule has 0 aromatic carbocycles. The van der Waals surface area contributed by atoms with Crippen molar-refractivity contribution in [3.8, 4) is 0 Å². The third-order valence-corrected chi connectivity index (χ3v) is 1.73. The molecule has 2 N–H and O–H groups in total. The van der Waals surface area contributed by atoms with Gasteiger partial charge in [-0.1, -0.05) is 0 Å². The number of rotatable bonds is 2. The lowest BCUT2D eigenvalue weighted by Crippen LogP contribution is -2.38. The Balaban J connectivity index is 2.65. The van der Waals surface area contributed by atoms with Crippen LogP contribution in [0.15, 0.2) is 5.10 Å². The number of hydrogen-bond donors (Lipinski definition) is 2. The van der Waals surface area contributed by atoms with E-state index in [0.717, 1.165) is 6.29 Å². The summed E-state index contributed by atoms with van der Waals surface area (Å²) in [4.78, 5) is 21.5. The van der Waals surface area contributed by atoms with Crippen LogP contribution in [-0.4, -0.2) is 30.5 Å². The van der Waals surface area contributed by atoms with Crippen LogP contribution in [-0.2, 0) is 9.59 Å². The van der Waals surface area contributed by atoms with Crippen LogP contribution in [0.2, 0.25) is 0 Å². The van der Waals surface area contributed by atoms with Crippen LogP contribution in [0.25, 0.3) is 0 Å². The summed E-state index contributed by atoms with van der Waals surface area (Å²) < 4.78 is 0. The smallest absolute Gasteiger partial charge is 0.267 e. The molecule has 1 heterocycles. The topological polar surface area (TPSA) is 70.6 Å². The van der Waals surface area contributed by atoms with Gasteiger partial charge in [0, 0.05) is 13.5 Å². The Kier molecular flexibility index (Phi) is 2.12. The van der Waals surface area contributed by atoms with E-state index in [0.29, 0.717) is 12.1 Å². The van der Waals surface area contributed by atoms with Gasteiger partial charge < -0.3 is 10.1 Å². The Bertz CT molecular complexity index is 249. The lowest BCUT2D eigenvalue weighted by atomic mass is 9.99. The molecular weight excluding hydrogens is 158 g/mol. The molecule has 1 amide bonds. The molecule has 0 aliphatic carbocycles. The Morgan fingerprint density at radius 2 is 2.50 bits per heavy atom. The van der Waals surface area contributed by atoms with E-state index in [4.69, 9.17) is 0 Å². The standard InChI is InChI=1S/C7H11N3O2/c1-7(4-11)3-5(9-10-7)6(12)8-2/h4,10H,3H2,1-2H3,(H,8,12). The van der Waals surface area contributed by atoms with Crippen LogP contribution in [0.4, 0.5) is 0 Å². The van der Waals surface area contributed by atoms with Crippen molar-refractivity contribution in [1.82, 2.24) is 10.7 Å². The van der Waals surface area contributed by atoms with Gasteiger partial charge >= 0.3 is 0 Å². The summed E-state index contributed by atoms with van der Waals surface area (Å²) in [6.07, 6.45) is 1.10. The summed E-state index contributed by atoms with van der Waals surface area (Å²) in [5.74, 6) is -0.243. The minimum Gasteiger partial charge on any atom is -0.354 e. The van der Waals surface area contributed by atoms with Crippen LogP contribution >= 0.6 is 0 Å². The van der Waals surface area contributed by atoms with Gasteiger partial charge in [-0.15, -0.1) is 0 Å². The predicted octanol–water partition coefficient (Wildman–Crippen LogP) is -0.961. The summed E-state index contributed by atoms with van der Waals surface area (Å²) in [5, 5.41) is 6.20. The third kappa shape index (κ3) is 1.44. The number of hydrazone groups is 1. The highest BCUT2D eigenvalue weighted by atomic mass is 16.2. The molecule has 1 atom stereocenters. The van der Waals surface area contributed by atoms with Crippen molar-refractivity contribution in [3.63, 3.8) is 0 Å². The first kappa shape index (κ1) is 8.70. The van der Waals surface area contributed by atoms with E-state index in [1.807, 2.05) is 0 Å². The number of nitrogens with one attached hydrogen (secondary N) is 2. The summed E-state index contributed by atoms with van der Waals surface area (Å²) >= 11 is 0. The number of amides is 1. The zero-order valence-electron chi connectivity index (χ0n) is 7.05. The molecule has 5 heteroatoms. The Morgan fingerprint density at radius 3 is 2.92 bits per heavy atom. The maximum absolute atomic E-state index is 11.0. The molecule has 1 aliphatic rings. The molecule has 5 nitrogen and oxygen atoms in total. The van der Waals surface area contributed by atoms with Crippen molar-refractivity contribution in [2.24, 2.45) is 5.10 Å². The van der Waals surface area contributed by atoms with E-state index >= 15 is 0 Å². The monoisotopic (exact) mass is 169 g/mol. The van der Waals surface area contributed by atoms with Gasteiger partial charge in [0.15, 0.2) is 0 Å². The highest BCUT2D eigenvalue weighted by Gasteiger charge is 2.33. The number of hydrogen-bond acceptors (Lipinski definition) is 4. The van der Waals surface area contributed by atoms with Gasteiger partial charge in [0.1, 0.15) is 17.5 Å². The molecule has 66 valence electrons. The Hall–Kier alpha value is -1.39. The van der Waals surface area contributed by atoms with Crippen molar-refractivity contribution in [3.05, 3.63) is 0 Å². The normalized spacial score (nSPS) is 27.3. The molecule has 0 fully saturated rings. The van der Waals surface area contributed by atoms with Crippen LogP contribution in [0.3, 0.4) is 0 Å². The fourth-order valence-corrected chi connectivity index (χ4v) is 0.965. The second-order valence-electron chi connectivity index (χ2n) is 2.96. The SMILES string of the molecule is CNC(=O)C1=NNC(C)(C=O)C1. The van der Waals surface area contributed by atoms with E-state index in [1.165, 1.54) is 7.05 Å². The largest absolute Gasteiger partial charge is 0.354 e. The van der Waals surface area contributed by atoms with Gasteiger partial charge in [0.25, 0.3) is 5.91 Å². The molecule has 0 aromatic heterocycles. The summed E-state index contributed by atoms with van der Waals surface area (Å²) in [6, 6.07) is 0. The molecule has 0 spiro atoms. The van der Waals surface area contributed by atoms with Gasteiger partial charge in [-0.3, -0.25) is 10.2 Å². The Labute approximate surface area is 70.2 Å². The highest BCUT2D eigenvalue weighted by molar-refractivity contribution is 6.39. The zero-order valence-corrected chi connectivity index (χ0v) is 7.05. The molecule has 1 rings (SSSR count). The van der Waals surface area contributed by atoms with E-state index in [-0.39, 0.29) is 5.91 Å². The van der Waals surface area contributed by atoms with Crippen LogP contribution < -0.4 is 10.7 Å². The van der Waals surface area contributed by atoms with E-state index in [9.17, 15) is 9.59 Å². The van der Waals surface area contributed by atoms with Crippen molar-refractivity contribution in [2.45, 2.75) is 18.9 Å². The molecule has 0 saturated carbocycles. The average Bonchev–Trinajstić information content (AvgIpc) is 2.48. The summed E-state index contributed by atoms with van der Waals surface area (Å²) in [5.41, 5.74) is 2.27. The van der Waals surface area contributed by atoms with Gasteiger partial charge in [0.2, 0.25) is 0 Å². The molecule has 1 aliphatic heterocycles. The maximum atomic E-state index is 11.0. The average molecular weight is 169 g/mol. The Morgan fingerprint density at radius 1 is 1.83 bits per heavy atom. The van der Waals surface area contributed by atoms with Gasteiger partial charge in [-0.25, -0.2) is 0 Å². The number of aldehydes is 1. The van der Waals surface area contributed by atoms with Crippen molar-refractivity contribution >= 4 is 17.9 Å². The van der Waals surface area contributed by atoms with E-state index < -0.39 is 5.54 Å². The lowest BCUT2D eigenvalue weighted by Gasteiger charge is -2.13. The van der Waals surface area contributed by atoms with Crippen LogP contribution in [0.1, 0.15) is 13.3 Å². The fraction of sp³-hybridized carbons (Fsp3) is 0.571. The second kappa shape index (κ2) is 2.92.